The van der Waals surface area contributed by atoms with E-state index in [1.54, 1.807) is 24.4 Å². The molecule has 0 radical (unpaired) electrons. The predicted molar refractivity (Wildman–Crippen MR) is 77.3 cm³/mol. The maximum Gasteiger partial charge on any atom is 0.269 e. The van der Waals surface area contributed by atoms with E-state index < -0.39 is 4.92 Å². The molecule has 0 saturated heterocycles. The zero-order chi connectivity index (χ0) is 15.7. The van der Waals surface area contributed by atoms with E-state index in [-0.39, 0.29) is 17.7 Å². The van der Waals surface area contributed by atoms with Crippen LogP contribution in [0.3, 0.4) is 0 Å². The minimum atomic E-state index is -0.461. The average molecular weight is 300 g/mol. The number of ether oxygens (including phenoxy) is 1. The van der Waals surface area contributed by atoms with E-state index in [4.69, 9.17) is 10.5 Å². The molecule has 0 saturated carbocycles. The van der Waals surface area contributed by atoms with Gasteiger partial charge in [-0.05, 0) is 25.1 Å². The number of hydrogen-bond acceptors (Lipinski definition) is 7. The fourth-order valence-electron chi connectivity index (χ4n) is 2.05. The van der Waals surface area contributed by atoms with Crippen LogP contribution in [0, 0.1) is 10.1 Å². The van der Waals surface area contributed by atoms with Crippen LogP contribution in [-0.4, -0.2) is 24.5 Å². The molecule has 1 unspecified atom stereocenters. The van der Waals surface area contributed by atoms with Crippen LogP contribution >= 0.6 is 0 Å². The Balaban J connectivity index is 1.86. The van der Waals surface area contributed by atoms with Crippen molar-refractivity contribution < 1.29 is 9.66 Å². The van der Waals surface area contributed by atoms with Gasteiger partial charge in [-0.2, -0.15) is 9.50 Å². The number of nitrogens with zero attached hydrogens (tertiary/aromatic N) is 5. The van der Waals surface area contributed by atoms with Gasteiger partial charge >= 0.3 is 0 Å². The van der Waals surface area contributed by atoms with Crippen LogP contribution in [0.5, 0.6) is 5.75 Å². The number of hydrogen-bond donors (Lipinski definition) is 1. The molecular weight excluding hydrogens is 288 g/mol. The van der Waals surface area contributed by atoms with Gasteiger partial charge in [-0.15, -0.1) is 5.10 Å². The van der Waals surface area contributed by atoms with Gasteiger partial charge in [0.05, 0.1) is 10.6 Å². The molecule has 0 bridgehead atoms. The highest BCUT2D eigenvalue weighted by molar-refractivity contribution is 5.37. The summed E-state index contributed by atoms with van der Waals surface area (Å²) >= 11 is 0. The Labute approximate surface area is 124 Å². The summed E-state index contributed by atoms with van der Waals surface area (Å²) in [6, 6.07) is 7.61. The highest BCUT2D eigenvalue weighted by atomic mass is 16.6. The Morgan fingerprint density at radius 3 is 2.73 bits per heavy atom. The Morgan fingerprint density at radius 2 is 2.05 bits per heavy atom. The maximum atomic E-state index is 10.6. The molecule has 9 heteroatoms. The van der Waals surface area contributed by atoms with E-state index in [2.05, 4.69) is 15.1 Å². The summed E-state index contributed by atoms with van der Waals surface area (Å²) in [5.41, 5.74) is 6.29. The quantitative estimate of drug-likeness (QED) is 0.575. The molecule has 1 aromatic carbocycles. The van der Waals surface area contributed by atoms with Gasteiger partial charge in [0.25, 0.3) is 11.5 Å². The van der Waals surface area contributed by atoms with Crippen molar-refractivity contribution in [1.29, 1.82) is 0 Å². The smallest absolute Gasteiger partial charge is 0.269 e. The summed E-state index contributed by atoms with van der Waals surface area (Å²) in [4.78, 5) is 18.2. The molecule has 0 spiro atoms. The first kappa shape index (κ1) is 13.7. The Morgan fingerprint density at radius 1 is 1.32 bits per heavy atom. The topological polar surface area (TPSA) is 121 Å². The molecule has 0 amide bonds. The van der Waals surface area contributed by atoms with Crippen molar-refractivity contribution in [3.05, 3.63) is 52.3 Å². The standard InChI is InChI=1S/C13H12N6O3/c1-8(22-10-4-2-9(3-5-10)19(20)21)11-6-7-15-13-16-12(14)17-18(11)13/h2-8H,1H3,(H2,14,17). The lowest BCUT2D eigenvalue weighted by Gasteiger charge is -2.15. The molecule has 2 aromatic heterocycles. The molecule has 1 atom stereocenters. The molecule has 3 rings (SSSR count). The van der Waals surface area contributed by atoms with Gasteiger partial charge in [0.2, 0.25) is 5.95 Å². The van der Waals surface area contributed by atoms with Gasteiger partial charge < -0.3 is 10.5 Å². The monoisotopic (exact) mass is 300 g/mol. The SMILES string of the molecule is CC(Oc1ccc([N+](=O)[O-])cc1)c1ccnc2nc(N)nn12. The van der Waals surface area contributed by atoms with E-state index in [1.165, 1.54) is 16.6 Å². The summed E-state index contributed by atoms with van der Waals surface area (Å²) in [6.45, 7) is 1.83. The van der Waals surface area contributed by atoms with Crippen LogP contribution < -0.4 is 10.5 Å². The van der Waals surface area contributed by atoms with Crippen molar-refractivity contribution in [3.8, 4) is 5.75 Å². The van der Waals surface area contributed by atoms with Crippen molar-refractivity contribution in [2.75, 3.05) is 5.73 Å². The van der Waals surface area contributed by atoms with E-state index in [1.807, 2.05) is 6.92 Å². The third kappa shape index (κ3) is 2.51. The molecule has 9 nitrogen and oxygen atoms in total. The molecule has 0 fully saturated rings. The lowest BCUT2D eigenvalue weighted by molar-refractivity contribution is -0.384. The first-order valence-corrected chi connectivity index (χ1v) is 6.43. The highest BCUT2D eigenvalue weighted by Gasteiger charge is 2.15. The van der Waals surface area contributed by atoms with Crippen LogP contribution in [0.25, 0.3) is 5.78 Å². The first-order chi connectivity index (χ1) is 10.5. The summed E-state index contributed by atoms with van der Waals surface area (Å²) < 4.78 is 7.28. The number of nitro benzene ring substituents is 1. The van der Waals surface area contributed by atoms with Crippen molar-refractivity contribution in [2.45, 2.75) is 13.0 Å². The van der Waals surface area contributed by atoms with Crippen molar-refractivity contribution >= 4 is 17.4 Å². The minimum absolute atomic E-state index is 0.00959. The number of nitrogens with two attached hydrogens (primary N) is 1. The summed E-state index contributed by atoms with van der Waals surface area (Å²) in [7, 11) is 0. The second kappa shape index (κ2) is 5.28. The second-order valence-corrected chi connectivity index (χ2v) is 4.56. The lowest BCUT2D eigenvalue weighted by atomic mass is 10.2. The number of fused-ring (bicyclic) bond motifs is 1. The molecule has 0 aliphatic heterocycles. The average Bonchev–Trinajstić information content (AvgIpc) is 2.87. The zero-order valence-electron chi connectivity index (χ0n) is 11.6. The van der Waals surface area contributed by atoms with Crippen LogP contribution in [0.2, 0.25) is 0 Å². The number of rotatable bonds is 4. The number of nitro groups is 1. The van der Waals surface area contributed by atoms with Crippen molar-refractivity contribution in [1.82, 2.24) is 19.6 Å². The molecule has 0 aliphatic rings. The van der Waals surface area contributed by atoms with Gasteiger partial charge in [-0.1, -0.05) is 0 Å². The van der Waals surface area contributed by atoms with Gasteiger partial charge in [0.15, 0.2) is 0 Å². The summed E-state index contributed by atoms with van der Waals surface area (Å²) in [5, 5.41) is 14.7. The number of benzene rings is 1. The van der Waals surface area contributed by atoms with Crippen molar-refractivity contribution in [3.63, 3.8) is 0 Å². The van der Waals surface area contributed by atoms with E-state index in [0.717, 1.165) is 0 Å². The van der Waals surface area contributed by atoms with Crippen LogP contribution in [0.1, 0.15) is 18.7 Å². The number of nitrogen functional groups attached to an aromatic ring is 1. The van der Waals surface area contributed by atoms with Crippen LogP contribution in [0.4, 0.5) is 11.6 Å². The van der Waals surface area contributed by atoms with Gasteiger partial charge in [-0.3, -0.25) is 10.1 Å². The van der Waals surface area contributed by atoms with Crippen molar-refractivity contribution in [2.24, 2.45) is 0 Å². The number of aromatic nitrogens is 4. The predicted octanol–water partition coefficient (Wildman–Crippen LogP) is 1.75. The maximum absolute atomic E-state index is 10.6. The van der Waals surface area contributed by atoms with Crippen LogP contribution in [-0.2, 0) is 0 Å². The first-order valence-electron chi connectivity index (χ1n) is 6.43. The second-order valence-electron chi connectivity index (χ2n) is 4.56. The number of anilines is 1. The molecule has 3 aromatic rings. The molecule has 0 aliphatic carbocycles. The fraction of sp³-hybridized carbons (Fsp3) is 0.154. The van der Waals surface area contributed by atoms with Crippen LogP contribution in [0.15, 0.2) is 36.5 Å². The Bertz CT molecular complexity index is 829. The van der Waals surface area contributed by atoms with E-state index in [0.29, 0.717) is 17.2 Å². The number of non-ortho nitro benzene ring substituents is 1. The Kier molecular flexibility index (Phi) is 3.30. The minimum Gasteiger partial charge on any atom is -0.484 e. The van der Waals surface area contributed by atoms with Gasteiger partial charge in [0.1, 0.15) is 11.9 Å². The molecule has 2 heterocycles. The third-order valence-electron chi connectivity index (χ3n) is 3.06. The third-order valence-corrected chi connectivity index (χ3v) is 3.06. The lowest BCUT2D eigenvalue weighted by Crippen LogP contribution is -2.10. The molecular formula is C13H12N6O3. The van der Waals surface area contributed by atoms with E-state index >= 15 is 0 Å². The van der Waals surface area contributed by atoms with E-state index in [9.17, 15) is 10.1 Å². The molecule has 22 heavy (non-hydrogen) atoms. The fourth-order valence-corrected chi connectivity index (χ4v) is 2.05. The summed E-state index contributed by atoms with van der Waals surface area (Å²) in [6.07, 6.45) is 1.22. The molecule has 112 valence electrons. The highest BCUT2D eigenvalue weighted by Crippen LogP contribution is 2.23. The zero-order valence-corrected chi connectivity index (χ0v) is 11.6. The largest absolute Gasteiger partial charge is 0.484 e. The molecule has 2 N–H and O–H groups in total. The van der Waals surface area contributed by atoms with Gasteiger partial charge in [-0.25, -0.2) is 4.98 Å². The van der Waals surface area contributed by atoms with Gasteiger partial charge in [0, 0.05) is 18.3 Å². The normalized spacial score (nSPS) is 12.2. The summed E-state index contributed by atoms with van der Waals surface area (Å²) in [5.74, 6) is 1.02. The Hall–Kier alpha value is -3.23.